The minimum atomic E-state index is 0.0880. The number of rotatable bonds is 3. The second-order valence-electron chi connectivity index (χ2n) is 7.43. The second-order valence-corrected chi connectivity index (χ2v) is 7.43. The van der Waals surface area contributed by atoms with Crippen LogP contribution in [0.15, 0.2) is 24.7 Å². The van der Waals surface area contributed by atoms with Crippen LogP contribution in [0, 0.1) is 11.8 Å². The molecule has 4 heterocycles. The summed E-state index contributed by atoms with van der Waals surface area (Å²) < 4.78 is 1.65. The SMILES string of the molecule is CC(C)c1cc(N2CC3CN(C(=O)c4ccnn4C)CC3C2)ncn1. The molecule has 0 saturated carbocycles. The van der Waals surface area contributed by atoms with Crippen molar-refractivity contribution in [3.05, 3.63) is 36.0 Å². The van der Waals surface area contributed by atoms with E-state index in [0.29, 0.717) is 23.4 Å². The summed E-state index contributed by atoms with van der Waals surface area (Å²) in [7, 11) is 1.81. The molecule has 2 unspecified atom stereocenters. The van der Waals surface area contributed by atoms with Gasteiger partial charge in [0.15, 0.2) is 0 Å². The van der Waals surface area contributed by atoms with Gasteiger partial charge in [-0.25, -0.2) is 9.97 Å². The molecule has 1 amide bonds. The van der Waals surface area contributed by atoms with Crippen LogP contribution in [0.1, 0.15) is 35.9 Å². The van der Waals surface area contributed by atoms with E-state index in [4.69, 9.17) is 0 Å². The first-order valence-electron chi connectivity index (χ1n) is 8.87. The number of fused-ring (bicyclic) bond motifs is 1. The first-order valence-corrected chi connectivity index (χ1v) is 8.87. The zero-order chi connectivity index (χ0) is 17.6. The van der Waals surface area contributed by atoms with Gasteiger partial charge in [0.2, 0.25) is 0 Å². The fourth-order valence-electron chi connectivity index (χ4n) is 3.94. The van der Waals surface area contributed by atoms with E-state index in [-0.39, 0.29) is 5.91 Å². The Morgan fingerprint density at radius 1 is 1.16 bits per heavy atom. The van der Waals surface area contributed by atoms with Gasteiger partial charge >= 0.3 is 0 Å². The molecular weight excluding hydrogens is 316 g/mol. The zero-order valence-corrected chi connectivity index (χ0v) is 15.0. The summed E-state index contributed by atoms with van der Waals surface area (Å²) in [5.41, 5.74) is 1.74. The predicted molar refractivity (Wildman–Crippen MR) is 94.4 cm³/mol. The number of aromatic nitrogens is 4. The average Bonchev–Trinajstić information content (AvgIpc) is 3.28. The number of likely N-dealkylation sites (tertiary alicyclic amines) is 1. The molecule has 7 nitrogen and oxygen atoms in total. The van der Waals surface area contributed by atoms with Crippen LogP contribution in [0.2, 0.25) is 0 Å². The third kappa shape index (κ3) is 2.88. The summed E-state index contributed by atoms with van der Waals surface area (Å²) in [4.78, 5) is 25.8. The Kier molecular flexibility index (Phi) is 3.94. The third-order valence-corrected chi connectivity index (χ3v) is 5.40. The highest BCUT2D eigenvalue weighted by atomic mass is 16.2. The van der Waals surface area contributed by atoms with E-state index in [0.717, 1.165) is 37.7 Å². The molecule has 2 saturated heterocycles. The first-order chi connectivity index (χ1) is 12.0. The van der Waals surface area contributed by atoms with Gasteiger partial charge in [-0.3, -0.25) is 9.48 Å². The first kappa shape index (κ1) is 16.1. The highest BCUT2D eigenvalue weighted by Crippen LogP contribution is 2.34. The lowest BCUT2D eigenvalue weighted by Crippen LogP contribution is -2.34. The molecule has 0 spiro atoms. The lowest BCUT2D eigenvalue weighted by Gasteiger charge is -2.23. The van der Waals surface area contributed by atoms with Gasteiger partial charge in [-0.2, -0.15) is 5.10 Å². The summed E-state index contributed by atoms with van der Waals surface area (Å²) >= 11 is 0. The number of carbonyl (C=O) groups excluding carboxylic acids is 1. The third-order valence-electron chi connectivity index (χ3n) is 5.40. The summed E-state index contributed by atoms with van der Waals surface area (Å²) in [6.45, 7) is 7.82. The molecular formula is C18H24N6O. The van der Waals surface area contributed by atoms with Crippen LogP contribution in [-0.4, -0.2) is 56.7 Å². The smallest absolute Gasteiger partial charge is 0.272 e. The molecule has 2 aliphatic heterocycles. The minimum absolute atomic E-state index is 0.0880. The van der Waals surface area contributed by atoms with Gasteiger partial charge in [-0.1, -0.05) is 13.8 Å². The van der Waals surface area contributed by atoms with Crippen molar-refractivity contribution in [2.24, 2.45) is 18.9 Å². The van der Waals surface area contributed by atoms with E-state index < -0.39 is 0 Å². The number of hydrogen-bond donors (Lipinski definition) is 0. The topological polar surface area (TPSA) is 67.2 Å². The van der Waals surface area contributed by atoms with Crippen molar-refractivity contribution in [3.8, 4) is 0 Å². The Bertz CT molecular complexity index is 771. The van der Waals surface area contributed by atoms with E-state index in [2.05, 4.69) is 39.9 Å². The number of amides is 1. The normalized spacial score (nSPS) is 22.7. The van der Waals surface area contributed by atoms with Crippen molar-refractivity contribution in [2.45, 2.75) is 19.8 Å². The fraction of sp³-hybridized carbons (Fsp3) is 0.556. The largest absolute Gasteiger partial charge is 0.356 e. The Labute approximate surface area is 147 Å². The molecule has 0 N–H and O–H groups in total. The van der Waals surface area contributed by atoms with Crippen molar-refractivity contribution < 1.29 is 4.79 Å². The van der Waals surface area contributed by atoms with E-state index in [1.54, 1.807) is 23.3 Å². The van der Waals surface area contributed by atoms with Gasteiger partial charge in [0, 0.05) is 63.0 Å². The number of carbonyl (C=O) groups is 1. The number of aryl methyl sites for hydroxylation is 1. The molecule has 0 aromatic carbocycles. The molecule has 2 aromatic rings. The molecule has 2 aromatic heterocycles. The van der Waals surface area contributed by atoms with E-state index in [1.807, 2.05) is 11.9 Å². The summed E-state index contributed by atoms with van der Waals surface area (Å²) in [6.07, 6.45) is 3.34. The molecule has 2 atom stereocenters. The summed E-state index contributed by atoms with van der Waals surface area (Å²) in [5, 5.41) is 4.10. The Morgan fingerprint density at radius 3 is 2.48 bits per heavy atom. The summed E-state index contributed by atoms with van der Waals surface area (Å²) in [6, 6.07) is 3.89. The second kappa shape index (κ2) is 6.13. The fourth-order valence-corrected chi connectivity index (χ4v) is 3.94. The van der Waals surface area contributed by atoms with Gasteiger partial charge in [-0.05, 0) is 12.0 Å². The van der Waals surface area contributed by atoms with Gasteiger partial charge in [0.1, 0.15) is 17.8 Å². The van der Waals surface area contributed by atoms with Crippen LogP contribution in [0.25, 0.3) is 0 Å². The van der Waals surface area contributed by atoms with Crippen molar-refractivity contribution in [1.82, 2.24) is 24.6 Å². The van der Waals surface area contributed by atoms with E-state index >= 15 is 0 Å². The zero-order valence-electron chi connectivity index (χ0n) is 15.0. The molecule has 4 rings (SSSR count). The van der Waals surface area contributed by atoms with Crippen molar-refractivity contribution in [1.29, 1.82) is 0 Å². The van der Waals surface area contributed by atoms with E-state index in [1.165, 1.54) is 0 Å². The average molecular weight is 340 g/mol. The molecule has 0 radical (unpaired) electrons. The van der Waals surface area contributed by atoms with Crippen LogP contribution in [0.4, 0.5) is 5.82 Å². The Morgan fingerprint density at radius 2 is 1.88 bits per heavy atom. The van der Waals surface area contributed by atoms with Crippen LogP contribution < -0.4 is 4.90 Å². The van der Waals surface area contributed by atoms with E-state index in [9.17, 15) is 4.79 Å². The lowest BCUT2D eigenvalue weighted by molar-refractivity contribution is 0.0771. The maximum atomic E-state index is 12.7. The Balaban J connectivity index is 1.43. The quantitative estimate of drug-likeness (QED) is 0.848. The van der Waals surface area contributed by atoms with Crippen LogP contribution in [0.5, 0.6) is 0 Å². The molecule has 0 aliphatic carbocycles. The van der Waals surface area contributed by atoms with Crippen LogP contribution in [-0.2, 0) is 7.05 Å². The summed E-state index contributed by atoms with van der Waals surface area (Å²) in [5.74, 6) is 2.52. The molecule has 2 fully saturated rings. The highest BCUT2D eigenvalue weighted by molar-refractivity contribution is 5.92. The number of anilines is 1. The monoisotopic (exact) mass is 340 g/mol. The number of nitrogens with zero attached hydrogens (tertiary/aromatic N) is 6. The van der Waals surface area contributed by atoms with Gasteiger partial charge in [0.05, 0.1) is 0 Å². The molecule has 132 valence electrons. The number of hydrogen-bond acceptors (Lipinski definition) is 5. The standard InChI is InChI=1S/C18H24N6O/c1-12(2)15-6-17(20-11-19-15)23-7-13-9-24(10-14(13)8-23)18(25)16-4-5-21-22(16)3/h4-6,11-14H,7-10H2,1-3H3. The van der Waals surface area contributed by atoms with Crippen LogP contribution in [0.3, 0.4) is 0 Å². The minimum Gasteiger partial charge on any atom is -0.356 e. The predicted octanol–water partition coefficient (Wildman–Crippen LogP) is 1.54. The van der Waals surface area contributed by atoms with Gasteiger partial charge in [-0.15, -0.1) is 0 Å². The maximum absolute atomic E-state index is 12.7. The van der Waals surface area contributed by atoms with Gasteiger partial charge < -0.3 is 9.80 Å². The molecule has 25 heavy (non-hydrogen) atoms. The highest BCUT2D eigenvalue weighted by Gasteiger charge is 2.42. The molecule has 7 heteroatoms. The van der Waals surface area contributed by atoms with Gasteiger partial charge in [0.25, 0.3) is 5.91 Å². The van der Waals surface area contributed by atoms with Crippen molar-refractivity contribution >= 4 is 11.7 Å². The molecule has 0 bridgehead atoms. The van der Waals surface area contributed by atoms with Crippen LogP contribution >= 0.6 is 0 Å². The van der Waals surface area contributed by atoms with Crippen molar-refractivity contribution in [2.75, 3.05) is 31.1 Å². The van der Waals surface area contributed by atoms with Crippen molar-refractivity contribution in [3.63, 3.8) is 0 Å². The molecule has 2 aliphatic rings. The maximum Gasteiger partial charge on any atom is 0.272 e. The lowest BCUT2D eigenvalue weighted by atomic mass is 10.0. The Hall–Kier alpha value is -2.44.